The fraction of sp³-hybridized carbons (Fsp3) is 0.833. The summed E-state index contributed by atoms with van der Waals surface area (Å²) in [7, 11) is 0. The molecular weight excluding hydrogens is 254 g/mol. The molecule has 3 N–H and O–H groups in total. The molecule has 0 aliphatic carbocycles. The van der Waals surface area contributed by atoms with E-state index in [1.807, 2.05) is 13.8 Å². The van der Waals surface area contributed by atoms with Gasteiger partial charge in [-0.15, -0.1) is 12.4 Å². The van der Waals surface area contributed by atoms with Crippen molar-refractivity contribution in [2.45, 2.75) is 26.7 Å². The van der Waals surface area contributed by atoms with Crippen LogP contribution in [0.5, 0.6) is 0 Å². The summed E-state index contributed by atoms with van der Waals surface area (Å²) in [6.07, 6.45) is 1.81. The standard InChI is InChI=1S/C12H23N3O2.ClH/c1-9(2)11(16)14-7-8-15-12(17)10-3-5-13-6-4-10;/h9-10,13H,3-8H2,1-2H3,(H,14,16)(H,15,17);1H. The average molecular weight is 278 g/mol. The largest absolute Gasteiger partial charge is 0.354 e. The van der Waals surface area contributed by atoms with Crippen LogP contribution < -0.4 is 16.0 Å². The van der Waals surface area contributed by atoms with Crippen molar-refractivity contribution in [1.82, 2.24) is 16.0 Å². The molecule has 0 aromatic heterocycles. The maximum Gasteiger partial charge on any atom is 0.223 e. The van der Waals surface area contributed by atoms with Crippen LogP contribution in [-0.2, 0) is 9.59 Å². The van der Waals surface area contributed by atoms with Crippen LogP contribution in [-0.4, -0.2) is 38.0 Å². The third-order valence-corrected chi connectivity index (χ3v) is 2.96. The minimum Gasteiger partial charge on any atom is -0.354 e. The molecule has 0 aromatic carbocycles. The number of hydrogen-bond donors (Lipinski definition) is 3. The Bertz CT molecular complexity index is 266. The normalized spacial score (nSPS) is 15.9. The van der Waals surface area contributed by atoms with Crippen molar-refractivity contribution in [2.75, 3.05) is 26.2 Å². The lowest BCUT2D eigenvalue weighted by Crippen LogP contribution is -2.41. The maximum atomic E-state index is 11.7. The van der Waals surface area contributed by atoms with Crippen molar-refractivity contribution in [2.24, 2.45) is 11.8 Å². The molecule has 1 saturated heterocycles. The van der Waals surface area contributed by atoms with Gasteiger partial charge in [0.05, 0.1) is 0 Å². The maximum absolute atomic E-state index is 11.7. The van der Waals surface area contributed by atoms with Crippen molar-refractivity contribution >= 4 is 24.2 Å². The molecule has 18 heavy (non-hydrogen) atoms. The van der Waals surface area contributed by atoms with Gasteiger partial charge in [0.25, 0.3) is 0 Å². The predicted molar refractivity (Wildman–Crippen MR) is 73.7 cm³/mol. The van der Waals surface area contributed by atoms with Crippen LogP contribution in [0.2, 0.25) is 0 Å². The smallest absolute Gasteiger partial charge is 0.223 e. The lowest BCUT2D eigenvalue weighted by atomic mass is 9.97. The van der Waals surface area contributed by atoms with E-state index in [4.69, 9.17) is 0 Å². The number of amides is 2. The van der Waals surface area contributed by atoms with Crippen LogP contribution in [0.15, 0.2) is 0 Å². The number of carbonyl (C=O) groups is 2. The van der Waals surface area contributed by atoms with Crippen molar-refractivity contribution in [3.8, 4) is 0 Å². The molecule has 0 atom stereocenters. The summed E-state index contributed by atoms with van der Waals surface area (Å²) in [6.45, 7) is 6.56. The van der Waals surface area contributed by atoms with Gasteiger partial charge >= 0.3 is 0 Å². The second kappa shape index (κ2) is 9.16. The Morgan fingerprint density at radius 2 is 1.72 bits per heavy atom. The minimum atomic E-state index is -0.00452. The third kappa shape index (κ3) is 6.21. The van der Waals surface area contributed by atoms with Gasteiger partial charge in [0.1, 0.15) is 0 Å². The van der Waals surface area contributed by atoms with Gasteiger partial charge in [-0.25, -0.2) is 0 Å². The highest BCUT2D eigenvalue weighted by Crippen LogP contribution is 2.10. The van der Waals surface area contributed by atoms with E-state index in [1.165, 1.54) is 0 Å². The predicted octanol–water partition coefficient (Wildman–Crippen LogP) is 0.296. The second-order valence-corrected chi connectivity index (χ2v) is 4.76. The molecule has 0 unspecified atom stereocenters. The van der Waals surface area contributed by atoms with E-state index < -0.39 is 0 Å². The number of halogens is 1. The van der Waals surface area contributed by atoms with E-state index in [-0.39, 0.29) is 36.1 Å². The van der Waals surface area contributed by atoms with Crippen molar-refractivity contribution in [3.63, 3.8) is 0 Å². The van der Waals surface area contributed by atoms with Crippen molar-refractivity contribution in [3.05, 3.63) is 0 Å². The molecule has 0 radical (unpaired) electrons. The topological polar surface area (TPSA) is 70.2 Å². The third-order valence-electron chi connectivity index (χ3n) is 2.96. The SMILES string of the molecule is CC(C)C(=O)NCCNC(=O)C1CCNCC1.Cl. The lowest BCUT2D eigenvalue weighted by molar-refractivity contribution is -0.126. The highest BCUT2D eigenvalue weighted by Gasteiger charge is 2.20. The van der Waals surface area contributed by atoms with E-state index >= 15 is 0 Å². The van der Waals surface area contributed by atoms with E-state index in [0.29, 0.717) is 13.1 Å². The van der Waals surface area contributed by atoms with E-state index in [0.717, 1.165) is 25.9 Å². The fourth-order valence-electron chi connectivity index (χ4n) is 1.80. The van der Waals surface area contributed by atoms with Crippen LogP contribution in [0.25, 0.3) is 0 Å². The summed E-state index contributed by atoms with van der Waals surface area (Å²) < 4.78 is 0. The number of nitrogens with one attached hydrogen (secondary N) is 3. The van der Waals surface area contributed by atoms with Gasteiger partial charge in [-0.2, -0.15) is 0 Å². The Kier molecular flexibility index (Phi) is 8.75. The molecule has 5 nitrogen and oxygen atoms in total. The molecule has 0 spiro atoms. The molecule has 1 fully saturated rings. The lowest BCUT2D eigenvalue weighted by Gasteiger charge is -2.21. The van der Waals surface area contributed by atoms with Crippen LogP contribution in [0.1, 0.15) is 26.7 Å². The van der Waals surface area contributed by atoms with Crippen molar-refractivity contribution in [1.29, 1.82) is 0 Å². The summed E-state index contributed by atoms with van der Waals surface area (Å²) >= 11 is 0. The summed E-state index contributed by atoms with van der Waals surface area (Å²) in [5.74, 6) is 0.276. The van der Waals surface area contributed by atoms with Crippen LogP contribution >= 0.6 is 12.4 Å². The monoisotopic (exact) mass is 277 g/mol. The first-order chi connectivity index (χ1) is 8.11. The number of carbonyl (C=O) groups excluding carboxylic acids is 2. The Hall–Kier alpha value is -0.810. The molecule has 0 aromatic rings. The van der Waals surface area contributed by atoms with Gasteiger partial charge in [0.2, 0.25) is 11.8 Å². The van der Waals surface area contributed by atoms with E-state index in [1.54, 1.807) is 0 Å². The summed E-state index contributed by atoms with van der Waals surface area (Å²) in [5.41, 5.74) is 0. The molecule has 1 aliphatic heterocycles. The average Bonchev–Trinajstić information content (AvgIpc) is 2.35. The number of rotatable bonds is 5. The van der Waals surface area contributed by atoms with Crippen LogP contribution in [0.4, 0.5) is 0 Å². The van der Waals surface area contributed by atoms with Gasteiger partial charge in [-0.3, -0.25) is 9.59 Å². The molecule has 1 rings (SSSR count). The zero-order chi connectivity index (χ0) is 12.7. The summed E-state index contributed by atoms with van der Waals surface area (Å²) in [6, 6.07) is 0. The van der Waals surface area contributed by atoms with Crippen LogP contribution in [0.3, 0.4) is 0 Å². The van der Waals surface area contributed by atoms with E-state index in [2.05, 4.69) is 16.0 Å². The second-order valence-electron chi connectivity index (χ2n) is 4.76. The van der Waals surface area contributed by atoms with Gasteiger partial charge in [-0.05, 0) is 25.9 Å². The first kappa shape index (κ1) is 17.2. The summed E-state index contributed by atoms with van der Waals surface area (Å²) in [5, 5.41) is 8.87. The molecule has 106 valence electrons. The van der Waals surface area contributed by atoms with Gasteiger partial charge in [0.15, 0.2) is 0 Å². The Labute approximate surface area is 115 Å². The quantitative estimate of drug-likeness (QED) is 0.633. The highest BCUT2D eigenvalue weighted by atomic mass is 35.5. The molecule has 1 aliphatic rings. The molecule has 0 bridgehead atoms. The molecular formula is C12H24ClN3O2. The number of piperidine rings is 1. The first-order valence-electron chi connectivity index (χ1n) is 6.37. The zero-order valence-corrected chi connectivity index (χ0v) is 11.9. The molecule has 0 saturated carbocycles. The fourth-order valence-corrected chi connectivity index (χ4v) is 1.80. The zero-order valence-electron chi connectivity index (χ0n) is 11.1. The Morgan fingerprint density at radius 1 is 1.17 bits per heavy atom. The summed E-state index contributed by atoms with van der Waals surface area (Å²) in [4.78, 5) is 23.0. The van der Waals surface area contributed by atoms with Crippen LogP contribution in [0, 0.1) is 11.8 Å². The van der Waals surface area contributed by atoms with E-state index in [9.17, 15) is 9.59 Å². The Balaban J connectivity index is 0.00000289. The molecule has 6 heteroatoms. The minimum absolute atomic E-state index is 0. The van der Waals surface area contributed by atoms with Gasteiger partial charge < -0.3 is 16.0 Å². The van der Waals surface area contributed by atoms with Gasteiger partial charge in [0, 0.05) is 24.9 Å². The number of hydrogen-bond acceptors (Lipinski definition) is 3. The molecule has 2 amide bonds. The first-order valence-corrected chi connectivity index (χ1v) is 6.37. The Morgan fingerprint density at radius 3 is 2.28 bits per heavy atom. The molecule has 1 heterocycles. The highest BCUT2D eigenvalue weighted by molar-refractivity contribution is 5.85. The van der Waals surface area contributed by atoms with Gasteiger partial charge in [-0.1, -0.05) is 13.8 Å². The van der Waals surface area contributed by atoms with Crippen molar-refractivity contribution < 1.29 is 9.59 Å².